The minimum atomic E-state index is -0.575. The average molecular weight is 328 g/mol. The van der Waals surface area contributed by atoms with E-state index in [1.165, 1.54) is 12.1 Å². The minimum Gasteiger partial charge on any atom is -0.351 e. The van der Waals surface area contributed by atoms with E-state index in [1.54, 1.807) is 0 Å². The Morgan fingerprint density at radius 3 is 2.86 bits per heavy atom. The largest absolute Gasteiger partial charge is 0.351 e. The van der Waals surface area contributed by atoms with Crippen LogP contribution in [-0.4, -0.2) is 16.9 Å². The quantitative estimate of drug-likeness (QED) is 0.671. The zero-order valence-electron chi connectivity index (χ0n) is 7.19. The molecule has 1 N–H and O–H groups in total. The lowest BCUT2D eigenvalue weighted by molar-refractivity contribution is 0.0956. The summed E-state index contributed by atoms with van der Waals surface area (Å²) in [7, 11) is 0. The standard InChI is InChI=1S/C9H8ClFINO/c10-7-2-1-6(5-8(7)11)9(14)13-4-3-12/h1-2,5H,3-4H2,(H,13,14). The Bertz CT molecular complexity index is 346. The lowest BCUT2D eigenvalue weighted by Crippen LogP contribution is -2.25. The van der Waals surface area contributed by atoms with Crippen LogP contribution in [0.4, 0.5) is 4.39 Å². The van der Waals surface area contributed by atoms with Crippen LogP contribution in [0.25, 0.3) is 0 Å². The summed E-state index contributed by atoms with van der Waals surface area (Å²) in [5.41, 5.74) is 0.289. The van der Waals surface area contributed by atoms with Gasteiger partial charge in [-0.2, -0.15) is 0 Å². The first kappa shape index (κ1) is 11.7. The van der Waals surface area contributed by atoms with Crippen LogP contribution >= 0.6 is 34.2 Å². The summed E-state index contributed by atoms with van der Waals surface area (Å²) in [6.45, 7) is 0.573. The van der Waals surface area contributed by atoms with Gasteiger partial charge in [0.05, 0.1) is 5.02 Å². The second-order valence-electron chi connectivity index (χ2n) is 2.57. The number of benzene rings is 1. The molecule has 0 bridgehead atoms. The molecule has 2 nitrogen and oxygen atoms in total. The predicted octanol–water partition coefficient (Wildman–Crippen LogP) is 2.64. The second-order valence-corrected chi connectivity index (χ2v) is 4.06. The van der Waals surface area contributed by atoms with Crippen molar-refractivity contribution in [1.82, 2.24) is 5.32 Å². The molecule has 0 spiro atoms. The first-order valence-electron chi connectivity index (χ1n) is 3.94. The zero-order valence-corrected chi connectivity index (χ0v) is 10.1. The number of hydrogen-bond acceptors (Lipinski definition) is 1. The summed E-state index contributed by atoms with van der Waals surface area (Å²) in [4.78, 5) is 11.3. The molecule has 0 aliphatic heterocycles. The van der Waals surface area contributed by atoms with Crippen molar-refractivity contribution < 1.29 is 9.18 Å². The fraction of sp³-hybridized carbons (Fsp3) is 0.222. The zero-order chi connectivity index (χ0) is 10.6. The normalized spacial score (nSPS) is 9.93. The fourth-order valence-electron chi connectivity index (χ4n) is 0.900. The number of carbonyl (C=O) groups is 1. The molecule has 0 saturated heterocycles. The van der Waals surface area contributed by atoms with Crippen LogP contribution in [-0.2, 0) is 0 Å². The molecule has 0 unspecified atom stereocenters. The van der Waals surface area contributed by atoms with Crippen LogP contribution in [0.15, 0.2) is 18.2 Å². The Morgan fingerprint density at radius 2 is 2.29 bits per heavy atom. The van der Waals surface area contributed by atoms with Crippen molar-refractivity contribution in [2.75, 3.05) is 11.0 Å². The van der Waals surface area contributed by atoms with Crippen molar-refractivity contribution in [2.45, 2.75) is 0 Å². The molecular formula is C9H8ClFINO. The van der Waals surface area contributed by atoms with E-state index in [2.05, 4.69) is 27.9 Å². The van der Waals surface area contributed by atoms with E-state index < -0.39 is 5.82 Å². The van der Waals surface area contributed by atoms with Crippen molar-refractivity contribution in [2.24, 2.45) is 0 Å². The van der Waals surface area contributed by atoms with Gasteiger partial charge in [0, 0.05) is 16.5 Å². The molecule has 0 radical (unpaired) electrons. The Labute approximate surface area is 100.0 Å². The Hall–Kier alpha value is -0.360. The van der Waals surface area contributed by atoms with E-state index in [0.29, 0.717) is 6.54 Å². The molecule has 14 heavy (non-hydrogen) atoms. The van der Waals surface area contributed by atoms with Gasteiger partial charge in [0.2, 0.25) is 0 Å². The molecule has 0 aliphatic carbocycles. The van der Waals surface area contributed by atoms with Gasteiger partial charge in [-0.25, -0.2) is 4.39 Å². The number of halogens is 3. The molecule has 0 heterocycles. The van der Waals surface area contributed by atoms with Gasteiger partial charge in [0.15, 0.2) is 0 Å². The van der Waals surface area contributed by atoms with E-state index in [-0.39, 0.29) is 16.5 Å². The third-order valence-corrected chi connectivity index (χ3v) is 2.41. The maximum Gasteiger partial charge on any atom is 0.251 e. The molecule has 1 amide bonds. The third kappa shape index (κ3) is 3.09. The monoisotopic (exact) mass is 327 g/mol. The van der Waals surface area contributed by atoms with E-state index in [4.69, 9.17) is 11.6 Å². The second kappa shape index (κ2) is 5.50. The van der Waals surface area contributed by atoms with Crippen molar-refractivity contribution in [3.05, 3.63) is 34.6 Å². The highest BCUT2D eigenvalue weighted by atomic mass is 127. The molecule has 0 atom stereocenters. The summed E-state index contributed by atoms with van der Waals surface area (Å²) in [6.07, 6.45) is 0. The Morgan fingerprint density at radius 1 is 1.57 bits per heavy atom. The Kier molecular flexibility index (Phi) is 4.60. The molecule has 1 aromatic rings. The highest BCUT2D eigenvalue weighted by molar-refractivity contribution is 14.1. The van der Waals surface area contributed by atoms with Crippen LogP contribution in [0.2, 0.25) is 5.02 Å². The summed E-state index contributed by atoms with van der Waals surface area (Å²) < 4.78 is 13.8. The minimum absolute atomic E-state index is 0.0236. The maximum absolute atomic E-state index is 12.9. The van der Waals surface area contributed by atoms with Crippen molar-refractivity contribution >= 4 is 40.1 Å². The molecular weight excluding hydrogens is 319 g/mol. The van der Waals surface area contributed by atoms with Gasteiger partial charge < -0.3 is 5.32 Å². The van der Waals surface area contributed by atoms with Crippen LogP contribution < -0.4 is 5.32 Å². The number of carbonyl (C=O) groups excluding carboxylic acids is 1. The molecule has 0 fully saturated rings. The number of hydrogen-bond donors (Lipinski definition) is 1. The predicted molar refractivity (Wildman–Crippen MR) is 62.6 cm³/mol. The molecule has 1 rings (SSSR count). The number of nitrogens with one attached hydrogen (secondary N) is 1. The van der Waals surface area contributed by atoms with Crippen LogP contribution in [0.3, 0.4) is 0 Å². The van der Waals surface area contributed by atoms with Crippen LogP contribution in [0.5, 0.6) is 0 Å². The van der Waals surface area contributed by atoms with E-state index in [9.17, 15) is 9.18 Å². The SMILES string of the molecule is O=C(NCCI)c1ccc(Cl)c(F)c1. The fourth-order valence-corrected chi connectivity index (χ4v) is 1.29. The molecule has 76 valence electrons. The first-order chi connectivity index (χ1) is 6.65. The average Bonchev–Trinajstić information content (AvgIpc) is 2.18. The van der Waals surface area contributed by atoms with Gasteiger partial charge in [-0.1, -0.05) is 34.2 Å². The third-order valence-electron chi connectivity index (χ3n) is 1.56. The Balaban J connectivity index is 2.76. The van der Waals surface area contributed by atoms with Crippen molar-refractivity contribution in [3.8, 4) is 0 Å². The van der Waals surface area contributed by atoms with Gasteiger partial charge >= 0.3 is 0 Å². The molecule has 5 heteroatoms. The molecule has 0 aromatic heterocycles. The van der Waals surface area contributed by atoms with E-state index in [1.807, 2.05) is 0 Å². The van der Waals surface area contributed by atoms with Crippen LogP contribution in [0.1, 0.15) is 10.4 Å². The number of amides is 1. The number of alkyl halides is 1. The summed E-state index contributed by atoms with van der Waals surface area (Å²) in [5, 5.41) is 2.66. The van der Waals surface area contributed by atoms with Crippen molar-refractivity contribution in [1.29, 1.82) is 0 Å². The topological polar surface area (TPSA) is 29.1 Å². The van der Waals surface area contributed by atoms with Gasteiger partial charge in [-0.3, -0.25) is 4.79 Å². The molecule has 1 aromatic carbocycles. The van der Waals surface area contributed by atoms with E-state index >= 15 is 0 Å². The number of rotatable bonds is 3. The van der Waals surface area contributed by atoms with Gasteiger partial charge in [-0.15, -0.1) is 0 Å². The van der Waals surface area contributed by atoms with Crippen molar-refractivity contribution in [3.63, 3.8) is 0 Å². The summed E-state index contributed by atoms with van der Waals surface area (Å²) >= 11 is 7.62. The highest BCUT2D eigenvalue weighted by Gasteiger charge is 2.07. The summed E-state index contributed by atoms with van der Waals surface area (Å²) in [6, 6.07) is 3.99. The maximum atomic E-state index is 12.9. The van der Waals surface area contributed by atoms with E-state index in [0.717, 1.165) is 10.5 Å². The highest BCUT2D eigenvalue weighted by Crippen LogP contribution is 2.15. The van der Waals surface area contributed by atoms with Gasteiger partial charge in [0.25, 0.3) is 5.91 Å². The van der Waals surface area contributed by atoms with Gasteiger partial charge in [0.1, 0.15) is 5.82 Å². The lowest BCUT2D eigenvalue weighted by Gasteiger charge is -2.03. The lowest BCUT2D eigenvalue weighted by atomic mass is 10.2. The summed E-state index contributed by atoms with van der Waals surface area (Å²) in [5.74, 6) is -0.856. The molecule has 0 saturated carbocycles. The smallest absolute Gasteiger partial charge is 0.251 e. The van der Waals surface area contributed by atoms with Gasteiger partial charge in [-0.05, 0) is 18.2 Å². The first-order valence-corrected chi connectivity index (χ1v) is 5.84. The van der Waals surface area contributed by atoms with Crippen LogP contribution in [0, 0.1) is 5.82 Å². The molecule has 0 aliphatic rings.